The number of hydrogen-bond donors (Lipinski definition) is 2. The van der Waals surface area contributed by atoms with Gasteiger partial charge in [0, 0.05) is 41.2 Å². The number of aromatic nitrogens is 1. The summed E-state index contributed by atoms with van der Waals surface area (Å²) in [4.78, 5) is 25.0. The fourth-order valence-corrected chi connectivity index (χ4v) is 5.60. The fraction of sp³-hybridized carbons (Fsp3) is 0.405. The number of rotatable bonds is 13. The SMILES string of the molecule is CCCCc1cccc([C@H](C)NC(=O)c2ccc3c(Cc4cc(F)cc(OC(C)(C)C(=O)O)c4)c(C)n(CC(C)C)c3c2)c1. The molecule has 1 aromatic heterocycles. The predicted octanol–water partition coefficient (Wildman–Crippen LogP) is 8.41. The Morgan fingerprint density at radius 2 is 1.77 bits per heavy atom. The van der Waals surface area contributed by atoms with E-state index in [0.717, 1.165) is 53.5 Å². The molecule has 0 bridgehead atoms. The largest absolute Gasteiger partial charge is 0.478 e. The van der Waals surface area contributed by atoms with Crippen LogP contribution in [0.5, 0.6) is 5.75 Å². The number of carboxylic acid groups (broad SMARTS) is 1. The number of unbranched alkanes of at least 4 members (excludes halogenated alkanes) is 1. The molecule has 6 nitrogen and oxygen atoms in total. The van der Waals surface area contributed by atoms with Crippen molar-refractivity contribution in [1.82, 2.24) is 9.88 Å². The van der Waals surface area contributed by atoms with Crippen LogP contribution >= 0.6 is 0 Å². The van der Waals surface area contributed by atoms with Crippen molar-refractivity contribution >= 4 is 22.8 Å². The van der Waals surface area contributed by atoms with Crippen molar-refractivity contribution in [2.24, 2.45) is 5.92 Å². The second kappa shape index (κ2) is 13.7. The second-order valence-electron chi connectivity index (χ2n) is 12.7. The molecule has 0 saturated carbocycles. The molecule has 7 heteroatoms. The number of aliphatic carboxylic acids is 1. The van der Waals surface area contributed by atoms with Gasteiger partial charge in [-0.2, -0.15) is 0 Å². The molecule has 1 heterocycles. The number of hydrogen-bond acceptors (Lipinski definition) is 3. The number of carbonyl (C=O) groups is 2. The number of carboxylic acids is 1. The molecule has 0 aliphatic rings. The van der Waals surface area contributed by atoms with E-state index in [1.807, 2.05) is 25.1 Å². The van der Waals surface area contributed by atoms with E-state index < -0.39 is 17.4 Å². The van der Waals surface area contributed by atoms with E-state index in [1.54, 1.807) is 6.07 Å². The number of ether oxygens (including phenoxy) is 1. The Balaban J connectivity index is 1.65. The van der Waals surface area contributed by atoms with Crippen molar-refractivity contribution in [3.63, 3.8) is 0 Å². The lowest BCUT2D eigenvalue weighted by molar-refractivity contribution is -0.152. The molecule has 2 N–H and O–H groups in total. The lowest BCUT2D eigenvalue weighted by Crippen LogP contribution is -2.37. The van der Waals surface area contributed by atoms with Crippen LogP contribution in [0.15, 0.2) is 60.7 Å². The van der Waals surface area contributed by atoms with Gasteiger partial charge in [-0.05, 0) is 93.0 Å². The molecule has 4 aromatic rings. The summed E-state index contributed by atoms with van der Waals surface area (Å²) in [6.45, 7) is 14.2. The zero-order chi connectivity index (χ0) is 32.2. The van der Waals surface area contributed by atoms with E-state index >= 15 is 0 Å². The van der Waals surface area contributed by atoms with E-state index in [0.29, 0.717) is 23.5 Å². The van der Waals surface area contributed by atoms with Gasteiger partial charge in [-0.25, -0.2) is 9.18 Å². The molecule has 0 unspecified atom stereocenters. The Hall–Kier alpha value is -4.13. The van der Waals surface area contributed by atoms with Gasteiger partial charge in [-0.15, -0.1) is 0 Å². The van der Waals surface area contributed by atoms with Crippen molar-refractivity contribution in [1.29, 1.82) is 0 Å². The highest BCUT2D eigenvalue weighted by Gasteiger charge is 2.30. The second-order valence-corrected chi connectivity index (χ2v) is 12.7. The number of carbonyl (C=O) groups excluding carboxylic acids is 1. The lowest BCUT2D eigenvalue weighted by Gasteiger charge is -2.22. The minimum atomic E-state index is -1.50. The van der Waals surface area contributed by atoms with Crippen LogP contribution in [0.3, 0.4) is 0 Å². The van der Waals surface area contributed by atoms with Crippen LogP contribution in [0.2, 0.25) is 0 Å². The van der Waals surface area contributed by atoms with Gasteiger partial charge in [-0.1, -0.05) is 57.5 Å². The molecule has 1 amide bonds. The zero-order valence-corrected chi connectivity index (χ0v) is 27.0. The summed E-state index contributed by atoms with van der Waals surface area (Å²) in [5.74, 6) is -1.23. The van der Waals surface area contributed by atoms with Crippen LogP contribution in [0.1, 0.15) is 98.7 Å². The van der Waals surface area contributed by atoms with Crippen molar-refractivity contribution in [2.45, 2.75) is 92.3 Å². The van der Waals surface area contributed by atoms with Gasteiger partial charge in [0.05, 0.1) is 6.04 Å². The summed E-state index contributed by atoms with van der Waals surface area (Å²) in [7, 11) is 0. The van der Waals surface area contributed by atoms with Crippen LogP contribution in [-0.2, 0) is 24.2 Å². The first kappa shape index (κ1) is 32.8. The van der Waals surface area contributed by atoms with Crippen LogP contribution in [0.25, 0.3) is 10.9 Å². The highest BCUT2D eigenvalue weighted by atomic mass is 19.1. The first-order chi connectivity index (χ1) is 20.8. The average Bonchev–Trinajstić information content (AvgIpc) is 3.20. The molecule has 0 saturated heterocycles. The molecule has 0 aliphatic heterocycles. The Bertz CT molecular complexity index is 1650. The summed E-state index contributed by atoms with van der Waals surface area (Å²) in [5, 5.41) is 13.6. The topological polar surface area (TPSA) is 80.6 Å². The Morgan fingerprint density at radius 3 is 2.45 bits per heavy atom. The minimum Gasteiger partial charge on any atom is -0.478 e. The first-order valence-corrected chi connectivity index (χ1v) is 15.5. The maximum absolute atomic E-state index is 14.7. The van der Waals surface area contributed by atoms with Gasteiger partial charge in [0.2, 0.25) is 0 Å². The number of fused-ring (bicyclic) bond motifs is 1. The monoisotopic (exact) mass is 600 g/mol. The molecule has 1 atom stereocenters. The molecule has 0 radical (unpaired) electrons. The van der Waals surface area contributed by atoms with Gasteiger partial charge in [0.1, 0.15) is 11.6 Å². The number of aryl methyl sites for hydroxylation is 1. The molecule has 4 rings (SSSR count). The molecule has 0 fully saturated rings. The zero-order valence-electron chi connectivity index (χ0n) is 27.0. The van der Waals surface area contributed by atoms with Crippen molar-refractivity contribution < 1.29 is 23.8 Å². The number of nitrogens with zero attached hydrogens (tertiary/aromatic N) is 1. The van der Waals surface area contributed by atoms with Crippen molar-refractivity contribution in [2.75, 3.05) is 0 Å². The molecule has 3 aromatic carbocycles. The third-order valence-electron chi connectivity index (χ3n) is 8.08. The van der Waals surface area contributed by atoms with Gasteiger partial charge < -0.3 is 19.7 Å². The number of nitrogens with one attached hydrogen (secondary N) is 1. The molecule has 234 valence electrons. The third kappa shape index (κ3) is 7.68. The Morgan fingerprint density at radius 1 is 1.02 bits per heavy atom. The molecular weight excluding hydrogens is 555 g/mol. The average molecular weight is 601 g/mol. The smallest absolute Gasteiger partial charge is 0.347 e. The standard InChI is InChI=1S/C37H45FN2O4/c1-8-9-11-26-12-10-13-28(16-26)24(4)39-35(41)29-14-15-32-33(25(5)40(22-23(2)3)34(32)20-29)19-27-17-30(38)21-31(18-27)44-37(6,7)36(42)43/h10,12-18,20-21,23-24H,8-9,11,19,22H2,1-7H3,(H,39,41)(H,42,43)/t24-/m0/s1. The van der Waals surface area contributed by atoms with Crippen LogP contribution in [0, 0.1) is 18.7 Å². The third-order valence-corrected chi connectivity index (χ3v) is 8.08. The fourth-order valence-electron chi connectivity index (χ4n) is 5.60. The first-order valence-electron chi connectivity index (χ1n) is 15.5. The summed E-state index contributed by atoms with van der Waals surface area (Å²) >= 11 is 0. The van der Waals surface area contributed by atoms with Crippen molar-refractivity contribution in [3.8, 4) is 5.75 Å². The van der Waals surface area contributed by atoms with E-state index in [-0.39, 0.29) is 17.7 Å². The van der Waals surface area contributed by atoms with Gasteiger partial charge >= 0.3 is 5.97 Å². The van der Waals surface area contributed by atoms with Crippen LogP contribution in [0.4, 0.5) is 4.39 Å². The van der Waals surface area contributed by atoms with Crippen LogP contribution < -0.4 is 10.1 Å². The Kier molecular flexibility index (Phi) is 10.2. The van der Waals surface area contributed by atoms with E-state index in [4.69, 9.17) is 4.74 Å². The quantitative estimate of drug-likeness (QED) is 0.161. The van der Waals surface area contributed by atoms with Gasteiger partial charge in [0.15, 0.2) is 5.60 Å². The summed E-state index contributed by atoms with van der Waals surface area (Å²) in [6.07, 6.45) is 3.73. The summed E-state index contributed by atoms with van der Waals surface area (Å²) in [6, 6.07) is 18.4. The predicted molar refractivity (Wildman–Crippen MR) is 174 cm³/mol. The normalized spacial score (nSPS) is 12.5. The molecule has 44 heavy (non-hydrogen) atoms. The molecule has 0 spiro atoms. The highest BCUT2D eigenvalue weighted by molar-refractivity contribution is 5.99. The number of halogens is 1. The van der Waals surface area contributed by atoms with Gasteiger partial charge in [-0.3, -0.25) is 4.79 Å². The van der Waals surface area contributed by atoms with Crippen LogP contribution in [-0.4, -0.2) is 27.2 Å². The Labute approximate surface area is 260 Å². The van der Waals surface area contributed by atoms with Gasteiger partial charge in [0.25, 0.3) is 5.91 Å². The molecule has 0 aliphatic carbocycles. The van der Waals surface area contributed by atoms with E-state index in [2.05, 4.69) is 61.8 Å². The van der Waals surface area contributed by atoms with Crippen molar-refractivity contribution in [3.05, 3.63) is 100.0 Å². The number of amides is 1. The molecular formula is C37H45FN2O4. The number of benzene rings is 3. The maximum Gasteiger partial charge on any atom is 0.347 e. The summed E-state index contributed by atoms with van der Waals surface area (Å²) < 4.78 is 22.5. The van der Waals surface area contributed by atoms with E-state index in [9.17, 15) is 19.1 Å². The summed E-state index contributed by atoms with van der Waals surface area (Å²) in [5.41, 5.74) is 5.14. The maximum atomic E-state index is 14.7. The lowest BCUT2D eigenvalue weighted by atomic mass is 10.00. The highest BCUT2D eigenvalue weighted by Crippen LogP contribution is 2.32. The minimum absolute atomic E-state index is 0.136. The van der Waals surface area contributed by atoms with E-state index in [1.165, 1.54) is 31.5 Å².